The zero-order chi connectivity index (χ0) is 19.5. The number of ether oxygens (including phenoxy) is 2. The molecule has 0 saturated heterocycles. The van der Waals surface area contributed by atoms with Gasteiger partial charge in [-0.25, -0.2) is 0 Å². The molecule has 0 aromatic heterocycles. The first-order chi connectivity index (χ1) is 13.2. The van der Waals surface area contributed by atoms with Crippen molar-refractivity contribution in [3.05, 3.63) is 65.7 Å². The second-order valence-electron chi connectivity index (χ2n) is 5.69. The van der Waals surface area contributed by atoms with E-state index in [1.165, 1.54) is 0 Å². The van der Waals surface area contributed by atoms with Crippen LogP contribution in [0.5, 0.6) is 5.75 Å². The first-order valence-electron chi connectivity index (χ1n) is 8.59. The van der Waals surface area contributed by atoms with Crippen molar-refractivity contribution >= 4 is 23.5 Å². The van der Waals surface area contributed by atoms with Crippen LogP contribution in [-0.2, 0) is 14.3 Å². The smallest absolute Gasteiger partial charge is 0.252 e. The maximum atomic E-state index is 12.8. The van der Waals surface area contributed by atoms with Gasteiger partial charge in [0.15, 0.2) is 0 Å². The van der Waals surface area contributed by atoms with E-state index in [9.17, 15) is 9.59 Å². The third-order valence-electron chi connectivity index (χ3n) is 3.81. The Balaban J connectivity index is 2.19. The number of rotatable bonds is 9. The molecule has 0 radical (unpaired) electrons. The molecule has 6 nitrogen and oxygen atoms in total. The number of benzene rings is 2. The van der Waals surface area contributed by atoms with E-state index < -0.39 is 0 Å². The van der Waals surface area contributed by atoms with Crippen molar-refractivity contribution in [3.63, 3.8) is 0 Å². The van der Waals surface area contributed by atoms with Crippen molar-refractivity contribution in [2.45, 2.75) is 0 Å². The molecule has 2 aromatic rings. The molecule has 0 heterocycles. The second-order valence-corrected chi connectivity index (χ2v) is 5.69. The molecule has 0 aliphatic carbocycles. The summed E-state index contributed by atoms with van der Waals surface area (Å²) in [5, 5.41) is 5.33. The van der Waals surface area contributed by atoms with Crippen molar-refractivity contribution in [3.8, 4) is 5.75 Å². The lowest BCUT2D eigenvalue weighted by Crippen LogP contribution is -2.38. The highest BCUT2D eigenvalue weighted by Crippen LogP contribution is 2.24. The van der Waals surface area contributed by atoms with Crippen molar-refractivity contribution in [2.24, 2.45) is 0 Å². The van der Waals surface area contributed by atoms with Gasteiger partial charge in [-0.2, -0.15) is 0 Å². The Labute approximate surface area is 159 Å². The third kappa shape index (κ3) is 6.27. The van der Waals surface area contributed by atoms with Crippen LogP contribution in [0.15, 0.2) is 54.6 Å². The summed E-state index contributed by atoms with van der Waals surface area (Å²) in [5.74, 6) is 0.0511. The first-order valence-corrected chi connectivity index (χ1v) is 8.59. The van der Waals surface area contributed by atoms with Gasteiger partial charge in [0, 0.05) is 24.8 Å². The van der Waals surface area contributed by atoms with E-state index in [1.54, 1.807) is 20.3 Å². The second kappa shape index (κ2) is 10.8. The van der Waals surface area contributed by atoms with Gasteiger partial charge in [-0.15, -0.1) is 0 Å². The molecular formula is C21H24N2O4. The Bertz CT molecular complexity index is 788. The van der Waals surface area contributed by atoms with Gasteiger partial charge in [0.1, 0.15) is 5.75 Å². The van der Waals surface area contributed by atoms with Crippen LogP contribution in [0.2, 0.25) is 0 Å². The average Bonchev–Trinajstić information content (AvgIpc) is 2.71. The Morgan fingerprint density at radius 1 is 0.963 bits per heavy atom. The van der Waals surface area contributed by atoms with Crippen LogP contribution in [0.3, 0.4) is 0 Å². The van der Waals surface area contributed by atoms with Crippen molar-refractivity contribution < 1.29 is 19.1 Å². The predicted octanol–water partition coefficient (Wildman–Crippen LogP) is 2.11. The van der Waals surface area contributed by atoms with E-state index >= 15 is 0 Å². The minimum atomic E-state index is -0.339. The van der Waals surface area contributed by atoms with E-state index in [4.69, 9.17) is 9.47 Å². The molecule has 0 aliphatic heterocycles. The highest BCUT2D eigenvalue weighted by atomic mass is 16.5. The average molecular weight is 368 g/mol. The molecule has 6 heteroatoms. The summed E-state index contributed by atoms with van der Waals surface area (Å²) < 4.78 is 10.2. The maximum Gasteiger partial charge on any atom is 0.252 e. The SMILES string of the molecule is COCCNC(=O)CNC(=O)C(=Cc1ccccc1OC)c1ccccc1. The highest BCUT2D eigenvalue weighted by Gasteiger charge is 2.14. The molecule has 2 N–H and O–H groups in total. The minimum absolute atomic E-state index is 0.112. The summed E-state index contributed by atoms with van der Waals surface area (Å²) in [5.41, 5.74) is 1.98. The fourth-order valence-corrected chi connectivity index (χ4v) is 2.45. The van der Waals surface area contributed by atoms with E-state index in [-0.39, 0.29) is 18.4 Å². The molecule has 0 aliphatic rings. The van der Waals surface area contributed by atoms with Gasteiger partial charge in [0.2, 0.25) is 5.91 Å². The largest absolute Gasteiger partial charge is 0.496 e. The van der Waals surface area contributed by atoms with Gasteiger partial charge in [0.05, 0.1) is 20.3 Å². The quantitative estimate of drug-likeness (QED) is 0.404. The number of hydrogen-bond donors (Lipinski definition) is 2. The van der Waals surface area contributed by atoms with Crippen LogP contribution in [0, 0.1) is 0 Å². The van der Waals surface area contributed by atoms with Gasteiger partial charge in [0.25, 0.3) is 5.91 Å². The van der Waals surface area contributed by atoms with E-state index in [0.717, 1.165) is 11.1 Å². The number of para-hydroxylation sites is 1. The van der Waals surface area contributed by atoms with Crippen LogP contribution in [0.4, 0.5) is 0 Å². The lowest BCUT2D eigenvalue weighted by Gasteiger charge is -2.11. The number of amides is 2. The molecule has 0 unspecified atom stereocenters. The Kier molecular flexibility index (Phi) is 8.06. The number of nitrogens with one attached hydrogen (secondary N) is 2. The van der Waals surface area contributed by atoms with Crippen molar-refractivity contribution in [1.29, 1.82) is 0 Å². The zero-order valence-electron chi connectivity index (χ0n) is 15.5. The maximum absolute atomic E-state index is 12.8. The predicted molar refractivity (Wildman–Crippen MR) is 105 cm³/mol. The van der Waals surface area contributed by atoms with Gasteiger partial charge >= 0.3 is 0 Å². The fraction of sp³-hybridized carbons (Fsp3) is 0.238. The number of methoxy groups -OCH3 is 2. The van der Waals surface area contributed by atoms with Crippen molar-refractivity contribution in [2.75, 3.05) is 33.9 Å². The molecule has 0 bridgehead atoms. The van der Waals surface area contributed by atoms with Crippen LogP contribution in [-0.4, -0.2) is 45.7 Å². The van der Waals surface area contributed by atoms with Crippen LogP contribution >= 0.6 is 0 Å². The number of carbonyl (C=O) groups excluding carboxylic acids is 2. The van der Waals surface area contributed by atoms with Crippen molar-refractivity contribution in [1.82, 2.24) is 10.6 Å². The lowest BCUT2D eigenvalue weighted by molar-refractivity contribution is -0.123. The fourth-order valence-electron chi connectivity index (χ4n) is 2.45. The summed E-state index contributed by atoms with van der Waals surface area (Å²) in [4.78, 5) is 24.6. The van der Waals surface area contributed by atoms with Gasteiger partial charge in [-0.1, -0.05) is 48.5 Å². The molecule has 27 heavy (non-hydrogen) atoms. The molecular weight excluding hydrogens is 344 g/mol. The summed E-state index contributed by atoms with van der Waals surface area (Å²) in [6, 6.07) is 16.7. The van der Waals surface area contributed by atoms with Gasteiger partial charge < -0.3 is 20.1 Å². The molecule has 2 rings (SSSR count). The number of hydrogen-bond acceptors (Lipinski definition) is 4. The molecule has 0 fully saturated rings. The topological polar surface area (TPSA) is 76.7 Å². The van der Waals surface area contributed by atoms with Crippen LogP contribution < -0.4 is 15.4 Å². The molecule has 2 aromatic carbocycles. The standard InChI is InChI=1S/C21H24N2O4/c1-26-13-12-22-20(24)15-23-21(25)18(16-8-4-3-5-9-16)14-17-10-6-7-11-19(17)27-2/h3-11,14H,12-13,15H2,1-2H3,(H,22,24)(H,23,25). The summed E-state index contributed by atoms with van der Waals surface area (Å²) >= 11 is 0. The highest BCUT2D eigenvalue weighted by molar-refractivity contribution is 6.24. The van der Waals surface area contributed by atoms with Crippen LogP contribution in [0.1, 0.15) is 11.1 Å². The Hall–Kier alpha value is -3.12. The zero-order valence-corrected chi connectivity index (χ0v) is 15.5. The number of carbonyl (C=O) groups is 2. The molecule has 0 spiro atoms. The lowest BCUT2D eigenvalue weighted by atomic mass is 10.0. The van der Waals surface area contributed by atoms with E-state index in [2.05, 4.69) is 10.6 Å². The minimum Gasteiger partial charge on any atom is -0.496 e. The monoisotopic (exact) mass is 368 g/mol. The Morgan fingerprint density at radius 3 is 2.37 bits per heavy atom. The normalized spacial score (nSPS) is 11.0. The molecule has 2 amide bonds. The van der Waals surface area contributed by atoms with E-state index in [1.807, 2.05) is 54.6 Å². The van der Waals surface area contributed by atoms with Crippen LogP contribution in [0.25, 0.3) is 11.6 Å². The van der Waals surface area contributed by atoms with Gasteiger partial charge in [-0.05, 0) is 17.7 Å². The molecule has 0 saturated carbocycles. The Morgan fingerprint density at radius 2 is 1.67 bits per heavy atom. The van der Waals surface area contributed by atoms with Gasteiger partial charge in [-0.3, -0.25) is 9.59 Å². The molecule has 0 atom stereocenters. The summed E-state index contributed by atoms with van der Waals surface area (Å²) in [6.07, 6.45) is 1.76. The third-order valence-corrected chi connectivity index (χ3v) is 3.81. The van der Waals surface area contributed by atoms with E-state index in [0.29, 0.717) is 24.5 Å². The summed E-state index contributed by atoms with van der Waals surface area (Å²) in [6.45, 7) is 0.703. The summed E-state index contributed by atoms with van der Waals surface area (Å²) in [7, 11) is 3.14. The first kappa shape index (κ1) is 20.2. The molecule has 142 valence electrons.